The molecule has 0 radical (unpaired) electrons. The van der Waals surface area contributed by atoms with Crippen molar-refractivity contribution in [2.24, 2.45) is 11.8 Å². The summed E-state index contributed by atoms with van der Waals surface area (Å²) in [5, 5.41) is 6.38. The summed E-state index contributed by atoms with van der Waals surface area (Å²) >= 11 is 1.67. The molecule has 3 rings (SSSR count). The molecule has 0 bridgehead atoms. The fourth-order valence-corrected chi connectivity index (χ4v) is 3.58. The molecule has 2 atom stereocenters. The SMILES string of the molecule is C[C@@H]1CNC[C@H]1C(=O)Nc1ccccc1Sc1ccccc1. The van der Waals surface area contributed by atoms with E-state index in [-0.39, 0.29) is 11.8 Å². The van der Waals surface area contributed by atoms with Gasteiger partial charge in [-0.3, -0.25) is 4.79 Å². The number of rotatable bonds is 4. The lowest BCUT2D eigenvalue weighted by Gasteiger charge is -2.16. The molecule has 2 aromatic rings. The highest BCUT2D eigenvalue weighted by Gasteiger charge is 2.29. The monoisotopic (exact) mass is 312 g/mol. The van der Waals surface area contributed by atoms with E-state index in [9.17, 15) is 4.79 Å². The molecule has 1 aliphatic rings. The number of amides is 1. The third-order valence-electron chi connectivity index (χ3n) is 3.97. The van der Waals surface area contributed by atoms with Gasteiger partial charge in [0.2, 0.25) is 5.91 Å². The third-order valence-corrected chi connectivity index (χ3v) is 5.05. The zero-order valence-electron chi connectivity index (χ0n) is 12.6. The lowest BCUT2D eigenvalue weighted by molar-refractivity contribution is -0.120. The number of hydrogen-bond donors (Lipinski definition) is 2. The predicted octanol–water partition coefficient (Wildman–Crippen LogP) is 3.63. The molecule has 0 spiro atoms. The van der Waals surface area contributed by atoms with Crippen molar-refractivity contribution >= 4 is 23.4 Å². The smallest absolute Gasteiger partial charge is 0.229 e. The van der Waals surface area contributed by atoms with E-state index in [1.165, 1.54) is 4.90 Å². The average molecular weight is 312 g/mol. The van der Waals surface area contributed by atoms with Gasteiger partial charge in [-0.05, 0) is 36.7 Å². The first kappa shape index (κ1) is 15.1. The summed E-state index contributed by atoms with van der Waals surface area (Å²) in [5.41, 5.74) is 0.889. The van der Waals surface area contributed by atoms with Crippen LogP contribution in [0.15, 0.2) is 64.4 Å². The molecular weight excluding hydrogens is 292 g/mol. The van der Waals surface area contributed by atoms with E-state index in [1.807, 2.05) is 42.5 Å². The van der Waals surface area contributed by atoms with Gasteiger partial charge in [0.05, 0.1) is 11.6 Å². The van der Waals surface area contributed by atoms with Crippen LogP contribution in [0.4, 0.5) is 5.69 Å². The zero-order chi connectivity index (χ0) is 15.4. The Bertz CT molecular complexity index is 645. The minimum atomic E-state index is 0.0507. The Hall–Kier alpha value is -1.78. The molecule has 1 amide bonds. The van der Waals surface area contributed by atoms with Gasteiger partial charge in [-0.1, -0.05) is 49.0 Å². The standard InChI is InChI=1S/C18H20N2OS/c1-13-11-19-12-15(13)18(21)20-16-9-5-6-10-17(16)22-14-7-3-2-4-8-14/h2-10,13,15,19H,11-12H2,1H3,(H,20,21)/t13-,15-/m1/s1. The summed E-state index contributed by atoms with van der Waals surface area (Å²) < 4.78 is 0. The van der Waals surface area contributed by atoms with Crippen molar-refractivity contribution in [3.05, 3.63) is 54.6 Å². The maximum Gasteiger partial charge on any atom is 0.229 e. The largest absolute Gasteiger partial charge is 0.325 e. The highest BCUT2D eigenvalue weighted by Crippen LogP contribution is 2.33. The average Bonchev–Trinajstić information content (AvgIpc) is 2.96. The summed E-state index contributed by atoms with van der Waals surface area (Å²) in [7, 11) is 0. The summed E-state index contributed by atoms with van der Waals surface area (Å²) in [6, 6.07) is 18.2. The van der Waals surface area contributed by atoms with E-state index in [0.29, 0.717) is 5.92 Å². The number of nitrogens with one attached hydrogen (secondary N) is 2. The Balaban J connectivity index is 1.75. The summed E-state index contributed by atoms with van der Waals surface area (Å²) in [6.07, 6.45) is 0. The zero-order valence-corrected chi connectivity index (χ0v) is 13.4. The Morgan fingerprint density at radius 2 is 1.82 bits per heavy atom. The first-order valence-corrected chi connectivity index (χ1v) is 8.39. The van der Waals surface area contributed by atoms with Crippen LogP contribution in [0.2, 0.25) is 0 Å². The number of benzene rings is 2. The van der Waals surface area contributed by atoms with Crippen molar-refractivity contribution in [1.82, 2.24) is 5.32 Å². The molecule has 1 heterocycles. The Labute approximate surface area is 135 Å². The fraction of sp³-hybridized carbons (Fsp3) is 0.278. The molecule has 114 valence electrons. The van der Waals surface area contributed by atoms with Crippen LogP contribution in [0.1, 0.15) is 6.92 Å². The van der Waals surface area contributed by atoms with Crippen LogP contribution >= 0.6 is 11.8 Å². The van der Waals surface area contributed by atoms with Gasteiger partial charge in [-0.2, -0.15) is 0 Å². The molecule has 1 aliphatic heterocycles. The second-order valence-corrected chi connectivity index (χ2v) is 6.76. The summed E-state index contributed by atoms with van der Waals surface area (Å²) in [4.78, 5) is 14.7. The van der Waals surface area contributed by atoms with E-state index < -0.39 is 0 Å². The van der Waals surface area contributed by atoms with Crippen LogP contribution in [-0.4, -0.2) is 19.0 Å². The van der Waals surface area contributed by atoms with Crippen LogP contribution in [0.25, 0.3) is 0 Å². The fourth-order valence-electron chi connectivity index (χ4n) is 2.66. The lowest BCUT2D eigenvalue weighted by Crippen LogP contribution is -2.28. The molecule has 4 heteroatoms. The molecular formula is C18H20N2OS. The Morgan fingerprint density at radius 1 is 1.09 bits per heavy atom. The van der Waals surface area contributed by atoms with Crippen LogP contribution in [-0.2, 0) is 4.79 Å². The molecule has 0 saturated carbocycles. The third kappa shape index (κ3) is 3.51. The number of carbonyl (C=O) groups excluding carboxylic acids is 1. The highest BCUT2D eigenvalue weighted by atomic mass is 32.2. The van der Waals surface area contributed by atoms with E-state index in [1.54, 1.807) is 11.8 Å². The molecule has 1 fully saturated rings. The normalized spacial score (nSPS) is 20.8. The van der Waals surface area contributed by atoms with E-state index in [4.69, 9.17) is 0 Å². The highest BCUT2D eigenvalue weighted by molar-refractivity contribution is 7.99. The quantitative estimate of drug-likeness (QED) is 0.906. The van der Waals surface area contributed by atoms with Gasteiger partial charge >= 0.3 is 0 Å². The van der Waals surface area contributed by atoms with Crippen LogP contribution < -0.4 is 10.6 Å². The molecule has 2 N–H and O–H groups in total. The molecule has 3 nitrogen and oxygen atoms in total. The van der Waals surface area contributed by atoms with Gasteiger partial charge in [0, 0.05) is 16.3 Å². The number of hydrogen-bond acceptors (Lipinski definition) is 3. The second-order valence-electron chi connectivity index (χ2n) is 5.64. The van der Waals surface area contributed by atoms with Crippen molar-refractivity contribution in [2.45, 2.75) is 16.7 Å². The van der Waals surface area contributed by atoms with Crippen LogP contribution in [0.3, 0.4) is 0 Å². The van der Waals surface area contributed by atoms with E-state index in [2.05, 4.69) is 29.7 Å². The topological polar surface area (TPSA) is 41.1 Å². The van der Waals surface area contributed by atoms with Gasteiger partial charge in [0.1, 0.15) is 0 Å². The van der Waals surface area contributed by atoms with Crippen LogP contribution in [0, 0.1) is 11.8 Å². The van der Waals surface area contributed by atoms with E-state index >= 15 is 0 Å². The maximum atomic E-state index is 12.5. The Kier molecular flexibility index (Phi) is 4.80. The van der Waals surface area contributed by atoms with Gasteiger partial charge in [0.25, 0.3) is 0 Å². The van der Waals surface area contributed by atoms with Gasteiger partial charge in [-0.15, -0.1) is 0 Å². The van der Waals surface area contributed by atoms with Crippen molar-refractivity contribution in [2.75, 3.05) is 18.4 Å². The lowest BCUT2D eigenvalue weighted by atomic mass is 9.97. The van der Waals surface area contributed by atoms with Gasteiger partial charge in [-0.25, -0.2) is 0 Å². The minimum Gasteiger partial charge on any atom is -0.325 e. The van der Waals surface area contributed by atoms with Crippen molar-refractivity contribution < 1.29 is 4.79 Å². The first-order chi connectivity index (χ1) is 10.7. The number of anilines is 1. The predicted molar refractivity (Wildman–Crippen MR) is 91.2 cm³/mol. The minimum absolute atomic E-state index is 0.0507. The maximum absolute atomic E-state index is 12.5. The van der Waals surface area contributed by atoms with Gasteiger partial charge < -0.3 is 10.6 Å². The molecule has 2 aromatic carbocycles. The summed E-state index contributed by atoms with van der Waals surface area (Å²) in [6.45, 7) is 3.80. The first-order valence-electron chi connectivity index (χ1n) is 7.57. The molecule has 0 aliphatic carbocycles. The Morgan fingerprint density at radius 3 is 2.55 bits per heavy atom. The van der Waals surface area contributed by atoms with Gasteiger partial charge in [0.15, 0.2) is 0 Å². The summed E-state index contributed by atoms with van der Waals surface area (Å²) in [5.74, 6) is 0.544. The van der Waals surface area contributed by atoms with Crippen LogP contribution in [0.5, 0.6) is 0 Å². The molecule has 0 aromatic heterocycles. The number of carbonyl (C=O) groups is 1. The van der Waals surface area contributed by atoms with Crippen molar-refractivity contribution in [3.8, 4) is 0 Å². The molecule has 22 heavy (non-hydrogen) atoms. The molecule has 0 unspecified atom stereocenters. The second kappa shape index (κ2) is 6.99. The molecule has 1 saturated heterocycles. The van der Waals surface area contributed by atoms with E-state index in [0.717, 1.165) is 23.7 Å². The number of para-hydroxylation sites is 1. The van der Waals surface area contributed by atoms with Crippen molar-refractivity contribution in [1.29, 1.82) is 0 Å². The van der Waals surface area contributed by atoms with Crippen molar-refractivity contribution in [3.63, 3.8) is 0 Å².